The summed E-state index contributed by atoms with van der Waals surface area (Å²) in [4.78, 5) is 24.6. The van der Waals surface area contributed by atoms with Crippen molar-refractivity contribution >= 4 is 21.9 Å². The normalized spacial score (nSPS) is 21.6. The second-order valence-corrected chi connectivity index (χ2v) is 6.98. The van der Waals surface area contributed by atoms with Crippen LogP contribution >= 0.6 is 0 Å². The Morgan fingerprint density at radius 2 is 1.82 bits per heavy atom. The molecule has 1 fully saturated rings. The zero-order valence-electron chi connectivity index (χ0n) is 12.5. The zero-order valence-corrected chi connectivity index (χ0v) is 13.3. The molecule has 7 heteroatoms. The van der Waals surface area contributed by atoms with Gasteiger partial charge >= 0.3 is 0 Å². The Bertz CT molecular complexity index is 684. The van der Waals surface area contributed by atoms with Crippen molar-refractivity contribution in [2.24, 2.45) is 0 Å². The van der Waals surface area contributed by atoms with Crippen LogP contribution in [0.15, 0.2) is 29.2 Å². The topological polar surface area (TPSA) is 91.8 Å². The lowest BCUT2D eigenvalue weighted by atomic mass is 9.93. The van der Waals surface area contributed by atoms with Gasteiger partial charge in [0.2, 0.25) is 11.8 Å². The molecule has 6 nitrogen and oxygen atoms in total. The number of nitrogens with zero attached hydrogens (tertiary/aromatic N) is 1. The van der Waals surface area contributed by atoms with Gasteiger partial charge in [0.15, 0.2) is 0 Å². The number of hydrogen-bond acceptors (Lipinski definition) is 4. The van der Waals surface area contributed by atoms with Crippen molar-refractivity contribution in [1.29, 1.82) is 0 Å². The van der Waals surface area contributed by atoms with E-state index in [1.807, 2.05) is 0 Å². The van der Waals surface area contributed by atoms with E-state index >= 15 is 0 Å². The van der Waals surface area contributed by atoms with Gasteiger partial charge in [-0.3, -0.25) is 19.0 Å². The number of carbonyl (C=O) groups excluding carboxylic acids is 2. The van der Waals surface area contributed by atoms with Crippen LogP contribution in [-0.4, -0.2) is 35.7 Å². The van der Waals surface area contributed by atoms with Gasteiger partial charge in [-0.2, -0.15) is 8.42 Å². The second-order valence-electron chi connectivity index (χ2n) is 5.56. The minimum absolute atomic E-state index is 0.116. The van der Waals surface area contributed by atoms with Gasteiger partial charge in [-0.1, -0.05) is 18.6 Å². The fourth-order valence-corrected chi connectivity index (χ4v) is 3.77. The SMILES string of the molecule is CC(=O)N(C(C)=O)C1CCCC1c1cccc(S(=O)(=O)O)c1. The molecule has 0 radical (unpaired) electrons. The summed E-state index contributed by atoms with van der Waals surface area (Å²) in [5.41, 5.74) is 0.713. The summed E-state index contributed by atoms with van der Waals surface area (Å²) in [7, 11) is -4.27. The predicted octanol–water partition coefficient (Wildman–Crippen LogP) is 1.96. The van der Waals surface area contributed by atoms with Gasteiger partial charge in [0.05, 0.1) is 4.90 Å². The first-order valence-electron chi connectivity index (χ1n) is 7.09. The third-order valence-corrected chi connectivity index (χ3v) is 4.92. The van der Waals surface area contributed by atoms with E-state index in [-0.39, 0.29) is 28.7 Å². The van der Waals surface area contributed by atoms with Crippen LogP contribution in [-0.2, 0) is 19.7 Å². The van der Waals surface area contributed by atoms with Crippen LogP contribution in [0.4, 0.5) is 0 Å². The van der Waals surface area contributed by atoms with Gasteiger partial charge in [0, 0.05) is 25.8 Å². The molecule has 0 bridgehead atoms. The quantitative estimate of drug-likeness (QED) is 0.858. The first kappa shape index (κ1) is 16.6. The summed E-state index contributed by atoms with van der Waals surface area (Å²) in [6.45, 7) is 2.71. The van der Waals surface area contributed by atoms with Crippen LogP contribution < -0.4 is 0 Å². The fraction of sp³-hybridized carbons (Fsp3) is 0.467. The van der Waals surface area contributed by atoms with Crippen molar-refractivity contribution in [2.75, 3.05) is 0 Å². The van der Waals surface area contributed by atoms with Gasteiger partial charge in [-0.25, -0.2) is 0 Å². The van der Waals surface area contributed by atoms with Crippen molar-refractivity contribution in [3.63, 3.8) is 0 Å². The van der Waals surface area contributed by atoms with Crippen LogP contribution in [0.25, 0.3) is 0 Å². The first-order valence-corrected chi connectivity index (χ1v) is 8.53. The first-order chi connectivity index (χ1) is 10.2. The summed E-state index contributed by atoms with van der Waals surface area (Å²) >= 11 is 0. The van der Waals surface area contributed by atoms with Crippen LogP contribution in [0, 0.1) is 0 Å². The highest BCUT2D eigenvalue weighted by atomic mass is 32.2. The Morgan fingerprint density at radius 3 is 2.36 bits per heavy atom. The van der Waals surface area contributed by atoms with E-state index in [2.05, 4.69) is 0 Å². The average Bonchev–Trinajstić information content (AvgIpc) is 2.86. The molecule has 22 heavy (non-hydrogen) atoms. The molecule has 1 saturated carbocycles. The maximum Gasteiger partial charge on any atom is 0.294 e. The molecule has 0 heterocycles. The maximum absolute atomic E-state index is 11.7. The molecular formula is C15H19NO5S. The summed E-state index contributed by atoms with van der Waals surface area (Å²) in [5.74, 6) is -0.736. The Kier molecular flexibility index (Phi) is 4.67. The molecule has 1 aromatic carbocycles. The third kappa shape index (κ3) is 3.36. The maximum atomic E-state index is 11.7. The lowest BCUT2D eigenvalue weighted by Gasteiger charge is -2.30. The summed E-state index contributed by atoms with van der Waals surface area (Å²) in [6.07, 6.45) is 2.30. The van der Waals surface area contributed by atoms with Gasteiger partial charge in [0.25, 0.3) is 10.1 Å². The van der Waals surface area contributed by atoms with E-state index in [0.717, 1.165) is 12.8 Å². The van der Waals surface area contributed by atoms with Crippen molar-refractivity contribution < 1.29 is 22.6 Å². The lowest BCUT2D eigenvalue weighted by Crippen LogP contribution is -2.43. The molecular weight excluding hydrogens is 306 g/mol. The Hall–Kier alpha value is -1.73. The largest absolute Gasteiger partial charge is 0.294 e. The van der Waals surface area contributed by atoms with Crippen LogP contribution in [0.1, 0.15) is 44.6 Å². The molecule has 1 aromatic rings. The van der Waals surface area contributed by atoms with Crippen LogP contribution in [0.2, 0.25) is 0 Å². The number of imide groups is 1. The van der Waals surface area contributed by atoms with E-state index in [9.17, 15) is 18.0 Å². The summed E-state index contributed by atoms with van der Waals surface area (Å²) in [6, 6.07) is 5.77. The summed E-state index contributed by atoms with van der Waals surface area (Å²) < 4.78 is 31.7. The van der Waals surface area contributed by atoms with Gasteiger partial charge < -0.3 is 0 Å². The Morgan fingerprint density at radius 1 is 1.18 bits per heavy atom. The van der Waals surface area contributed by atoms with Gasteiger partial charge in [0.1, 0.15) is 0 Å². The molecule has 2 amide bonds. The predicted molar refractivity (Wildman–Crippen MR) is 79.8 cm³/mol. The van der Waals surface area contributed by atoms with Crippen molar-refractivity contribution in [3.8, 4) is 0 Å². The summed E-state index contributed by atoms with van der Waals surface area (Å²) in [5, 5.41) is 0. The van der Waals surface area contributed by atoms with E-state index in [0.29, 0.717) is 12.0 Å². The van der Waals surface area contributed by atoms with E-state index in [1.165, 1.54) is 30.9 Å². The van der Waals surface area contributed by atoms with Crippen LogP contribution in [0.3, 0.4) is 0 Å². The molecule has 1 aliphatic carbocycles. The minimum Gasteiger partial charge on any atom is -0.282 e. The van der Waals surface area contributed by atoms with Crippen LogP contribution in [0.5, 0.6) is 0 Å². The molecule has 0 saturated heterocycles. The van der Waals surface area contributed by atoms with Crippen molar-refractivity contribution in [3.05, 3.63) is 29.8 Å². The molecule has 2 atom stereocenters. The monoisotopic (exact) mass is 325 g/mol. The molecule has 120 valence electrons. The van der Waals surface area contributed by atoms with Gasteiger partial charge in [-0.15, -0.1) is 0 Å². The number of benzene rings is 1. The number of carbonyl (C=O) groups is 2. The molecule has 0 aliphatic heterocycles. The number of rotatable bonds is 3. The lowest BCUT2D eigenvalue weighted by molar-refractivity contribution is -0.145. The fourth-order valence-electron chi connectivity index (χ4n) is 3.23. The number of hydrogen-bond donors (Lipinski definition) is 1. The van der Waals surface area contributed by atoms with Crippen molar-refractivity contribution in [1.82, 2.24) is 4.90 Å². The smallest absolute Gasteiger partial charge is 0.282 e. The molecule has 0 spiro atoms. The highest BCUT2D eigenvalue weighted by Gasteiger charge is 2.36. The Balaban J connectivity index is 2.39. The molecule has 2 rings (SSSR count). The highest BCUT2D eigenvalue weighted by molar-refractivity contribution is 7.85. The van der Waals surface area contributed by atoms with E-state index < -0.39 is 10.1 Å². The minimum atomic E-state index is -4.27. The Labute approximate surface area is 129 Å². The van der Waals surface area contributed by atoms with E-state index in [1.54, 1.807) is 12.1 Å². The third-order valence-electron chi connectivity index (χ3n) is 4.07. The molecule has 1 N–H and O–H groups in total. The van der Waals surface area contributed by atoms with E-state index in [4.69, 9.17) is 4.55 Å². The highest BCUT2D eigenvalue weighted by Crippen LogP contribution is 2.38. The van der Waals surface area contributed by atoms with Crippen molar-refractivity contribution in [2.45, 2.75) is 50.0 Å². The van der Waals surface area contributed by atoms with Gasteiger partial charge in [-0.05, 0) is 30.5 Å². The zero-order chi connectivity index (χ0) is 16.5. The molecule has 2 unspecified atom stereocenters. The average molecular weight is 325 g/mol. The number of amides is 2. The molecule has 0 aromatic heterocycles. The molecule has 1 aliphatic rings. The second kappa shape index (κ2) is 6.18. The standard InChI is InChI=1S/C15H19NO5S/c1-10(17)16(11(2)18)15-8-4-7-14(15)12-5-3-6-13(9-12)22(19,20)21/h3,5-6,9,14-15H,4,7-8H2,1-2H3,(H,19,20,21).